The number of furan rings is 1. The van der Waals surface area contributed by atoms with Crippen LogP contribution in [0.2, 0.25) is 0 Å². The first-order chi connectivity index (χ1) is 4.34. The Labute approximate surface area is 59.7 Å². The molecule has 0 atom stereocenters. The van der Waals surface area contributed by atoms with Crippen molar-refractivity contribution in [1.29, 1.82) is 0 Å². The van der Waals surface area contributed by atoms with Crippen LogP contribution in [0.5, 0.6) is 0 Å². The van der Waals surface area contributed by atoms with E-state index >= 15 is 0 Å². The molecule has 0 saturated carbocycles. The van der Waals surface area contributed by atoms with Crippen LogP contribution in [0.3, 0.4) is 0 Å². The minimum Gasteiger partial charge on any atom is -0.464 e. The Morgan fingerprint density at radius 2 is 2.56 bits per heavy atom. The van der Waals surface area contributed by atoms with Crippen molar-refractivity contribution in [3.63, 3.8) is 0 Å². The van der Waals surface area contributed by atoms with E-state index in [1.807, 2.05) is 19.1 Å². The first-order valence-corrected chi connectivity index (χ1v) is 3.32. The van der Waals surface area contributed by atoms with Crippen molar-refractivity contribution in [2.75, 3.05) is 0 Å². The molecular weight excluding hydrogens is 132 g/mol. The molecule has 0 amide bonds. The number of rotatable bonds is 2. The molecular formula is C7H8OS. The molecule has 0 aliphatic rings. The molecule has 0 N–H and O–H groups in total. The summed E-state index contributed by atoms with van der Waals surface area (Å²) in [4.78, 5) is 0.889. The van der Waals surface area contributed by atoms with Crippen molar-refractivity contribution in [2.45, 2.75) is 13.3 Å². The van der Waals surface area contributed by atoms with Gasteiger partial charge in [0.25, 0.3) is 0 Å². The second-order valence-corrected chi connectivity index (χ2v) is 2.25. The molecule has 0 radical (unpaired) electrons. The third kappa shape index (κ3) is 1.39. The zero-order valence-electron chi connectivity index (χ0n) is 5.26. The van der Waals surface area contributed by atoms with Crippen LogP contribution in [-0.2, 0) is 0 Å². The van der Waals surface area contributed by atoms with E-state index in [9.17, 15) is 0 Å². The lowest BCUT2D eigenvalue weighted by molar-refractivity contribution is 0.558. The van der Waals surface area contributed by atoms with Gasteiger partial charge >= 0.3 is 0 Å². The van der Waals surface area contributed by atoms with Gasteiger partial charge in [-0.25, -0.2) is 0 Å². The highest BCUT2D eigenvalue weighted by molar-refractivity contribution is 7.80. The molecule has 0 aliphatic carbocycles. The van der Waals surface area contributed by atoms with Crippen molar-refractivity contribution in [3.8, 4) is 0 Å². The molecule has 0 aliphatic heterocycles. The molecule has 0 spiro atoms. The maximum absolute atomic E-state index is 5.04. The van der Waals surface area contributed by atoms with Crippen LogP contribution >= 0.6 is 12.2 Å². The van der Waals surface area contributed by atoms with Crippen LogP contribution in [-0.4, -0.2) is 4.86 Å². The first kappa shape index (κ1) is 6.49. The van der Waals surface area contributed by atoms with Crippen LogP contribution in [0, 0.1) is 0 Å². The Morgan fingerprint density at radius 1 is 1.78 bits per heavy atom. The molecule has 1 heterocycles. The van der Waals surface area contributed by atoms with Gasteiger partial charge in [0, 0.05) is 0 Å². The fourth-order valence-corrected chi connectivity index (χ4v) is 0.728. The monoisotopic (exact) mass is 140 g/mol. The summed E-state index contributed by atoms with van der Waals surface area (Å²) in [6.07, 6.45) is 2.51. The minimum atomic E-state index is 0.826. The summed E-state index contributed by atoms with van der Waals surface area (Å²) in [5, 5.41) is 0. The molecule has 0 bridgehead atoms. The lowest BCUT2D eigenvalue weighted by atomic mass is 10.3. The van der Waals surface area contributed by atoms with Gasteiger partial charge in [-0.1, -0.05) is 19.1 Å². The lowest BCUT2D eigenvalue weighted by Crippen LogP contribution is -1.89. The predicted octanol–water partition coefficient (Wildman–Crippen LogP) is 2.41. The Hall–Kier alpha value is -0.630. The first-order valence-electron chi connectivity index (χ1n) is 2.91. The lowest BCUT2D eigenvalue weighted by Gasteiger charge is -1.90. The molecule has 0 unspecified atom stereocenters. The Balaban J connectivity index is 2.77. The highest BCUT2D eigenvalue weighted by Crippen LogP contribution is 2.04. The van der Waals surface area contributed by atoms with Crippen LogP contribution in [0.25, 0.3) is 0 Å². The Bertz CT molecular complexity index is 189. The van der Waals surface area contributed by atoms with Gasteiger partial charge < -0.3 is 4.42 Å². The zero-order valence-corrected chi connectivity index (χ0v) is 6.07. The third-order valence-corrected chi connectivity index (χ3v) is 1.61. The maximum atomic E-state index is 5.04. The van der Waals surface area contributed by atoms with Gasteiger partial charge in [0.1, 0.15) is 5.76 Å². The van der Waals surface area contributed by atoms with Crippen molar-refractivity contribution in [1.82, 2.24) is 0 Å². The van der Waals surface area contributed by atoms with Gasteiger partial charge in [-0.05, 0) is 18.6 Å². The summed E-state index contributed by atoms with van der Waals surface area (Å²) < 4.78 is 5.04. The van der Waals surface area contributed by atoms with Gasteiger partial charge in [0.2, 0.25) is 0 Å². The summed E-state index contributed by atoms with van der Waals surface area (Å²) in [6, 6.07) is 3.73. The predicted molar refractivity (Wildman–Crippen MR) is 40.7 cm³/mol. The van der Waals surface area contributed by atoms with Gasteiger partial charge in [-0.3, -0.25) is 0 Å². The smallest absolute Gasteiger partial charge is 0.140 e. The standard InChI is InChI=1S/C7H8OS/c1-2-7(9)6-4-3-5-8-6/h3-5H,2H2,1H3. The van der Waals surface area contributed by atoms with E-state index in [4.69, 9.17) is 16.6 Å². The van der Waals surface area contributed by atoms with Crippen molar-refractivity contribution in [2.24, 2.45) is 0 Å². The summed E-state index contributed by atoms with van der Waals surface area (Å²) in [5.74, 6) is 0.826. The third-order valence-electron chi connectivity index (χ3n) is 1.12. The molecule has 2 heteroatoms. The topological polar surface area (TPSA) is 13.1 Å². The fraction of sp³-hybridized carbons (Fsp3) is 0.286. The summed E-state index contributed by atoms with van der Waals surface area (Å²) >= 11 is 4.98. The van der Waals surface area contributed by atoms with E-state index in [0.29, 0.717) is 0 Å². The second kappa shape index (κ2) is 2.78. The highest BCUT2D eigenvalue weighted by Gasteiger charge is 1.98. The van der Waals surface area contributed by atoms with E-state index in [1.54, 1.807) is 6.26 Å². The average Bonchev–Trinajstić information content (AvgIpc) is 2.37. The molecule has 1 nitrogen and oxygen atoms in total. The second-order valence-electron chi connectivity index (χ2n) is 1.75. The quantitative estimate of drug-likeness (QED) is 0.462. The molecule has 0 fully saturated rings. The largest absolute Gasteiger partial charge is 0.464 e. The van der Waals surface area contributed by atoms with Crippen LogP contribution < -0.4 is 0 Å². The highest BCUT2D eigenvalue weighted by atomic mass is 32.1. The number of thiocarbonyl (C=S) groups is 1. The van der Waals surface area contributed by atoms with E-state index in [2.05, 4.69) is 0 Å². The van der Waals surface area contributed by atoms with E-state index in [-0.39, 0.29) is 0 Å². The Kier molecular flexibility index (Phi) is 2.01. The van der Waals surface area contributed by atoms with Crippen molar-refractivity contribution < 1.29 is 4.42 Å². The van der Waals surface area contributed by atoms with Gasteiger partial charge in [-0.2, -0.15) is 0 Å². The molecule has 9 heavy (non-hydrogen) atoms. The van der Waals surface area contributed by atoms with Crippen molar-refractivity contribution >= 4 is 17.1 Å². The van der Waals surface area contributed by atoms with E-state index < -0.39 is 0 Å². The van der Waals surface area contributed by atoms with Gasteiger partial charge in [0.15, 0.2) is 0 Å². The molecule has 1 aromatic rings. The van der Waals surface area contributed by atoms with Gasteiger partial charge in [0.05, 0.1) is 11.1 Å². The molecule has 48 valence electrons. The molecule has 0 aromatic carbocycles. The number of hydrogen-bond acceptors (Lipinski definition) is 2. The summed E-state index contributed by atoms with van der Waals surface area (Å²) in [7, 11) is 0. The SMILES string of the molecule is CCC(=S)c1ccco1. The fourth-order valence-electron chi connectivity index (χ4n) is 0.611. The van der Waals surface area contributed by atoms with Crippen LogP contribution in [0.1, 0.15) is 19.1 Å². The summed E-state index contributed by atoms with van der Waals surface area (Å²) in [6.45, 7) is 2.02. The molecule has 1 rings (SSSR count). The minimum absolute atomic E-state index is 0.826. The normalized spacial score (nSPS) is 9.44. The number of hydrogen-bond donors (Lipinski definition) is 0. The molecule has 1 aromatic heterocycles. The van der Waals surface area contributed by atoms with E-state index in [1.165, 1.54) is 0 Å². The maximum Gasteiger partial charge on any atom is 0.140 e. The van der Waals surface area contributed by atoms with Gasteiger partial charge in [-0.15, -0.1) is 0 Å². The average molecular weight is 140 g/mol. The van der Waals surface area contributed by atoms with Crippen LogP contribution in [0.4, 0.5) is 0 Å². The zero-order chi connectivity index (χ0) is 6.69. The Morgan fingerprint density at radius 3 is 3.00 bits per heavy atom. The van der Waals surface area contributed by atoms with Crippen molar-refractivity contribution in [3.05, 3.63) is 24.2 Å². The summed E-state index contributed by atoms with van der Waals surface area (Å²) in [5.41, 5.74) is 0. The van der Waals surface area contributed by atoms with E-state index in [0.717, 1.165) is 17.0 Å². The molecule has 0 saturated heterocycles. The van der Waals surface area contributed by atoms with Crippen LogP contribution in [0.15, 0.2) is 22.8 Å².